The van der Waals surface area contributed by atoms with Gasteiger partial charge < -0.3 is 26.0 Å². The number of halogens is 1. The largest absolute Gasteiger partial charge is 0.444 e. The van der Waals surface area contributed by atoms with Gasteiger partial charge in [0.05, 0.1) is 23.8 Å². The van der Waals surface area contributed by atoms with E-state index in [-0.39, 0.29) is 12.1 Å². The number of pyridine rings is 1. The molecule has 1 fully saturated rings. The minimum Gasteiger partial charge on any atom is -0.444 e. The zero-order valence-corrected chi connectivity index (χ0v) is 17.9. The maximum absolute atomic E-state index is 14.9. The van der Waals surface area contributed by atoms with Crippen molar-refractivity contribution in [1.82, 2.24) is 9.88 Å². The molecule has 0 unspecified atom stereocenters. The Morgan fingerprint density at radius 1 is 1.26 bits per heavy atom. The summed E-state index contributed by atoms with van der Waals surface area (Å²) in [4.78, 5) is 29.7. The molecule has 9 heteroatoms. The zero-order valence-electron chi connectivity index (χ0n) is 17.9. The number of amides is 2. The Labute approximate surface area is 181 Å². The van der Waals surface area contributed by atoms with Gasteiger partial charge in [0, 0.05) is 24.5 Å². The number of carbonyl (C=O) groups excluding carboxylic acids is 2. The van der Waals surface area contributed by atoms with E-state index in [1.807, 2.05) is 30.3 Å². The molecule has 3 rings (SSSR count). The van der Waals surface area contributed by atoms with Gasteiger partial charge in [-0.3, -0.25) is 4.79 Å². The topological polar surface area (TPSA) is 110 Å². The standard InChI is InChI=1S/C22H28FN5O3/c1-22(2,3)31-21(30)28-10-9-17(16(23)13-28)27-18-11-19(25-12-15(18)20(24)29)26-14-7-5-4-6-8-14/h4-8,11-12,16-17H,9-10,13H2,1-3H3,(H2,24,29)(H2,25,26,27)/t16-,17+/m0/s1. The van der Waals surface area contributed by atoms with Crippen molar-refractivity contribution in [1.29, 1.82) is 0 Å². The van der Waals surface area contributed by atoms with Gasteiger partial charge in [-0.2, -0.15) is 0 Å². The molecular formula is C22H28FN5O3. The van der Waals surface area contributed by atoms with Crippen LogP contribution < -0.4 is 16.4 Å². The van der Waals surface area contributed by atoms with Crippen LogP contribution in [0.5, 0.6) is 0 Å². The van der Waals surface area contributed by atoms with Crippen LogP contribution in [0.15, 0.2) is 42.6 Å². The van der Waals surface area contributed by atoms with E-state index in [9.17, 15) is 14.0 Å². The second-order valence-corrected chi connectivity index (χ2v) is 8.45. The van der Waals surface area contributed by atoms with E-state index in [1.54, 1.807) is 26.8 Å². The van der Waals surface area contributed by atoms with Crippen LogP contribution in [0.2, 0.25) is 0 Å². The van der Waals surface area contributed by atoms with Gasteiger partial charge in [-0.1, -0.05) is 18.2 Å². The number of benzene rings is 1. The highest BCUT2D eigenvalue weighted by molar-refractivity contribution is 5.98. The Morgan fingerprint density at radius 3 is 2.58 bits per heavy atom. The first-order chi connectivity index (χ1) is 14.6. The third-order valence-corrected chi connectivity index (χ3v) is 4.75. The molecule has 1 saturated heterocycles. The molecule has 0 saturated carbocycles. The molecule has 0 spiro atoms. The number of nitrogens with two attached hydrogens (primary N) is 1. The molecular weight excluding hydrogens is 401 g/mol. The third kappa shape index (κ3) is 6.07. The number of anilines is 3. The summed E-state index contributed by atoms with van der Waals surface area (Å²) in [7, 11) is 0. The number of carbonyl (C=O) groups is 2. The summed E-state index contributed by atoms with van der Waals surface area (Å²) in [5, 5.41) is 6.22. The highest BCUT2D eigenvalue weighted by Crippen LogP contribution is 2.26. The van der Waals surface area contributed by atoms with Crippen LogP contribution >= 0.6 is 0 Å². The highest BCUT2D eigenvalue weighted by atomic mass is 19.1. The average Bonchev–Trinajstić information content (AvgIpc) is 2.69. The molecule has 31 heavy (non-hydrogen) atoms. The molecule has 1 aliphatic rings. The molecule has 2 aromatic rings. The number of alkyl halides is 1. The Kier molecular flexibility index (Phi) is 6.62. The summed E-state index contributed by atoms with van der Waals surface area (Å²) in [5.74, 6) is -0.178. The van der Waals surface area contributed by atoms with Gasteiger partial charge in [-0.25, -0.2) is 14.2 Å². The normalized spacial score (nSPS) is 18.9. The molecule has 4 N–H and O–H groups in total. The van der Waals surface area contributed by atoms with E-state index in [0.29, 0.717) is 24.5 Å². The number of rotatable bonds is 5. The van der Waals surface area contributed by atoms with Gasteiger partial charge in [0.25, 0.3) is 5.91 Å². The number of para-hydroxylation sites is 1. The smallest absolute Gasteiger partial charge is 0.410 e. The fraction of sp³-hybridized carbons (Fsp3) is 0.409. The fourth-order valence-corrected chi connectivity index (χ4v) is 3.27. The first kappa shape index (κ1) is 22.3. The molecule has 1 aromatic heterocycles. The summed E-state index contributed by atoms with van der Waals surface area (Å²) in [6.45, 7) is 5.53. The Hall–Kier alpha value is -3.36. The minimum absolute atomic E-state index is 0.0985. The lowest BCUT2D eigenvalue weighted by molar-refractivity contribution is 0.0125. The Bertz CT molecular complexity index is 932. The lowest BCUT2D eigenvalue weighted by atomic mass is 10.0. The van der Waals surface area contributed by atoms with Crippen LogP contribution in [0.4, 0.5) is 26.4 Å². The van der Waals surface area contributed by atoms with E-state index < -0.39 is 29.8 Å². The molecule has 0 radical (unpaired) electrons. The van der Waals surface area contributed by atoms with E-state index in [1.165, 1.54) is 11.1 Å². The van der Waals surface area contributed by atoms with Crippen molar-refractivity contribution in [3.8, 4) is 0 Å². The van der Waals surface area contributed by atoms with E-state index in [4.69, 9.17) is 10.5 Å². The van der Waals surface area contributed by atoms with E-state index >= 15 is 0 Å². The third-order valence-electron chi connectivity index (χ3n) is 4.75. The number of likely N-dealkylation sites (tertiary alicyclic amines) is 1. The molecule has 1 aromatic carbocycles. The Morgan fingerprint density at radius 2 is 1.97 bits per heavy atom. The van der Waals surface area contributed by atoms with Gasteiger partial charge in [0.1, 0.15) is 17.6 Å². The predicted octanol–water partition coefficient (Wildman–Crippen LogP) is 3.68. The second-order valence-electron chi connectivity index (χ2n) is 8.45. The predicted molar refractivity (Wildman–Crippen MR) is 117 cm³/mol. The lowest BCUT2D eigenvalue weighted by Crippen LogP contribution is -2.51. The first-order valence-electron chi connectivity index (χ1n) is 10.1. The molecule has 2 heterocycles. The van der Waals surface area contributed by atoms with Crippen molar-refractivity contribution in [2.45, 2.75) is 45.0 Å². The number of piperidine rings is 1. The number of hydrogen-bond donors (Lipinski definition) is 3. The van der Waals surface area contributed by atoms with Crippen molar-refractivity contribution in [2.24, 2.45) is 5.73 Å². The summed E-state index contributed by atoms with van der Waals surface area (Å²) in [6, 6.07) is 10.4. The average molecular weight is 429 g/mol. The summed E-state index contributed by atoms with van der Waals surface area (Å²) in [6.07, 6.45) is -0.174. The van der Waals surface area contributed by atoms with Gasteiger partial charge >= 0.3 is 6.09 Å². The quantitative estimate of drug-likeness (QED) is 0.669. The van der Waals surface area contributed by atoms with Crippen molar-refractivity contribution >= 4 is 29.2 Å². The Balaban J connectivity index is 1.71. The number of hydrogen-bond acceptors (Lipinski definition) is 6. The van der Waals surface area contributed by atoms with Gasteiger partial charge in [0.2, 0.25) is 0 Å². The lowest BCUT2D eigenvalue weighted by Gasteiger charge is -2.36. The maximum atomic E-state index is 14.9. The molecule has 166 valence electrons. The molecule has 2 amide bonds. The molecule has 0 bridgehead atoms. The van der Waals surface area contributed by atoms with Crippen molar-refractivity contribution < 1.29 is 18.7 Å². The van der Waals surface area contributed by atoms with E-state index in [0.717, 1.165) is 5.69 Å². The minimum atomic E-state index is -1.35. The number of ether oxygens (including phenoxy) is 1. The van der Waals surface area contributed by atoms with Crippen molar-refractivity contribution in [2.75, 3.05) is 23.7 Å². The molecule has 1 aliphatic heterocycles. The van der Waals surface area contributed by atoms with Crippen LogP contribution in [0.1, 0.15) is 37.6 Å². The maximum Gasteiger partial charge on any atom is 0.410 e. The highest BCUT2D eigenvalue weighted by Gasteiger charge is 2.34. The van der Waals surface area contributed by atoms with Gasteiger partial charge in [0.15, 0.2) is 0 Å². The molecule has 0 aliphatic carbocycles. The summed E-state index contributed by atoms with van der Waals surface area (Å²) in [5.41, 5.74) is 6.21. The van der Waals surface area contributed by atoms with Crippen LogP contribution in [0, 0.1) is 0 Å². The second kappa shape index (κ2) is 9.20. The van der Waals surface area contributed by atoms with Crippen LogP contribution in [0.25, 0.3) is 0 Å². The van der Waals surface area contributed by atoms with E-state index in [2.05, 4.69) is 15.6 Å². The van der Waals surface area contributed by atoms with Crippen molar-refractivity contribution in [3.05, 3.63) is 48.2 Å². The number of aromatic nitrogens is 1. The summed E-state index contributed by atoms with van der Waals surface area (Å²) >= 11 is 0. The van der Waals surface area contributed by atoms with Crippen LogP contribution in [-0.4, -0.2) is 52.8 Å². The van der Waals surface area contributed by atoms with Crippen LogP contribution in [0.3, 0.4) is 0 Å². The number of primary amides is 1. The number of nitrogens with one attached hydrogen (secondary N) is 2. The SMILES string of the molecule is CC(C)(C)OC(=O)N1CC[C@@H](Nc2cc(Nc3ccccc3)ncc2C(N)=O)[C@@H](F)C1. The van der Waals surface area contributed by atoms with Gasteiger partial charge in [-0.15, -0.1) is 0 Å². The monoisotopic (exact) mass is 429 g/mol. The fourth-order valence-electron chi connectivity index (χ4n) is 3.27. The van der Waals surface area contributed by atoms with Crippen molar-refractivity contribution in [3.63, 3.8) is 0 Å². The van der Waals surface area contributed by atoms with Crippen LogP contribution in [-0.2, 0) is 4.74 Å². The zero-order chi connectivity index (χ0) is 22.6. The molecule has 8 nitrogen and oxygen atoms in total. The van der Waals surface area contributed by atoms with Gasteiger partial charge in [-0.05, 0) is 39.3 Å². The first-order valence-corrected chi connectivity index (χ1v) is 10.1. The molecule has 2 atom stereocenters. The summed E-state index contributed by atoms with van der Waals surface area (Å²) < 4.78 is 20.2. The number of nitrogens with zero attached hydrogens (tertiary/aromatic N) is 2.